The summed E-state index contributed by atoms with van der Waals surface area (Å²) < 4.78 is 31.2. The van der Waals surface area contributed by atoms with Crippen LogP contribution in [0.4, 0.5) is 5.69 Å². The second-order valence-corrected chi connectivity index (χ2v) is 10.5. The van der Waals surface area contributed by atoms with Crippen molar-refractivity contribution in [3.05, 3.63) is 58.1 Å². The number of ether oxygens (including phenoxy) is 1. The zero-order valence-corrected chi connectivity index (χ0v) is 20.7. The lowest BCUT2D eigenvalue weighted by atomic mass is 10.2. The molecule has 0 aromatic heterocycles. The lowest BCUT2D eigenvalue weighted by molar-refractivity contribution is -0.121. The molecule has 0 bridgehead atoms. The fourth-order valence-corrected chi connectivity index (χ4v) is 5.67. The number of sulfonamides is 1. The van der Waals surface area contributed by atoms with Gasteiger partial charge in [-0.3, -0.25) is 9.10 Å². The van der Waals surface area contributed by atoms with Crippen LogP contribution in [0.1, 0.15) is 19.4 Å². The molecule has 0 aliphatic carbocycles. The maximum Gasteiger partial charge on any atom is 0.243 e. The second kappa shape index (κ2) is 11.9. The van der Waals surface area contributed by atoms with Crippen LogP contribution in [-0.2, 0) is 20.6 Å². The standard InChI is InChI=1S/C21H26Cl2N2O4S2/c1-4-29-17-10-8-16(9-11-17)25(31(3,27)28)15(2)21(26)24-12-13-30-14-18-19(22)6-5-7-20(18)23/h5-11,15H,4,12-14H2,1-3H3,(H,24,26)/t15-/m0/s1. The molecular weight excluding hydrogens is 479 g/mol. The number of amides is 1. The smallest absolute Gasteiger partial charge is 0.243 e. The van der Waals surface area contributed by atoms with E-state index in [1.807, 2.05) is 6.92 Å². The Morgan fingerprint density at radius 1 is 1.16 bits per heavy atom. The number of thioether (sulfide) groups is 1. The Hall–Kier alpha value is -1.61. The molecule has 2 rings (SSSR count). The zero-order chi connectivity index (χ0) is 23.0. The number of benzene rings is 2. The van der Waals surface area contributed by atoms with Crippen LogP contribution >= 0.6 is 35.0 Å². The third-order valence-electron chi connectivity index (χ3n) is 4.34. The van der Waals surface area contributed by atoms with Gasteiger partial charge in [-0.15, -0.1) is 0 Å². The highest BCUT2D eigenvalue weighted by Crippen LogP contribution is 2.28. The monoisotopic (exact) mass is 504 g/mol. The molecule has 31 heavy (non-hydrogen) atoms. The number of halogens is 2. The third-order valence-corrected chi connectivity index (χ3v) is 7.28. The normalized spacial score (nSPS) is 12.3. The van der Waals surface area contributed by atoms with Gasteiger partial charge < -0.3 is 10.1 Å². The van der Waals surface area contributed by atoms with Crippen LogP contribution in [0.2, 0.25) is 10.0 Å². The van der Waals surface area contributed by atoms with Crippen molar-refractivity contribution < 1.29 is 17.9 Å². The molecular formula is C21H26Cl2N2O4S2. The van der Waals surface area contributed by atoms with Gasteiger partial charge in [0.2, 0.25) is 15.9 Å². The van der Waals surface area contributed by atoms with E-state index in [1.165, 1.54) is 0 Å². The zero-order valence-electron chi connectivity index (χ0n) is 17.6. The number of nitrogens with one attached hydrogen (secondary N) is 1. The molecule has 10 heteroatoms. The minimum atomic E-state index is -3.67. The molecule has 0 spiro atoms. The average Bonchev–Trinajstić information content (AvgIpc) is 2.70. The van der Waals surface area contributed by atoms with E-state index in [2.05, 4.69) is 5.32 Å². The van der Waals surface area contributed by atoms with Gasteiger partial charge in [-0.25, -0.2) is 8.42 Å². The Labute approximate surface area is 198 Å². The van der Waals surface area contributed by atoms with E-state index in [9.17, 15) is 13.2 Å². The van der Waals surface area contributed by atoms with Crippen LogP contribution < -0.4 is 14.4 Å². The highest BCUT2D eigenvalue weighted by atomic mass is 35.5. The highest BCUT2D eigenvalue weighted by Gasteiger charge is 2.28. The summed E-state index contributed by atoms with van der Waals surface area (Å²) in [5, 5.41) is 4.01. The molecule has 0 fully saturated rings. The lowest BCUT2D eigenvalue weighted by Crippen LogP contribution is -2.48. The molecule has 0 heterocycles. The summed E-state index contributed by atoms with van der Waals surface area (Å²) in [5.74, 6) is 1.50. The maximum absolute atomic E-state index is 12.6. The fourth-order valence-electron chi connectivity index (χ4n) is 2.90. The fraction of sp³-hybridized carbons (Fsp3) is 0.381. The Bertz CT molecular complexity index is 965. The summed E-state index contributed by atoms with van der Waals surface area (Å²) in [6.07, 6.45) is 1.08. The van der Waals surface area contributed by atoms with Crippen molar-refractivity contribution in [1.82, 2.24) is 5.32 Å². The highest BCUT2D eigenvalue weighted by molar-refractivity contribution is 7.98. The Kier molecular flexibility index (Phi) is 9.81. The van der Waals surface area contributed by atoms with E-state index < -0.39 is 16.1 Å². The topological polar surface area (TPSA) is 75.7 Å². The first-order chi connectivity index (χ1) is 14.6. The van der Waals surface area contributed by atoms with E-state index in [-0.39, 0.29) is 5.91 Å². The summed E-state index contributed by atoms with van der Waals surface area (Å²) in [6, 6.07) is 11.1. The number of carbonyl (C=O) groups excluding carboxylic acids is 1. The van der Waals surface area contributed by atoms with Gasteiger partial charge in [0, 0.05) is 28.1 Å². The number of anilines is 1. The van der Waals surface area contributed by atoms with E-state index in [0.29, 0.717) is 46.1 Å². The second-order valence-electron chi connectivity index (χ2n) is 6.71. The molecule has 2 aromatic rings. The molecule has 1 amide bonds. The molecule has 1 N–H and O–H groups in total. The van der Waals surface area contributed by atoms with Crippen molar-refractivity contribution in [1.29, 1.82) is 0 Å². The predicted molar refractivity (Wildman–Crippen MR) is 130 cm³/mol. The van der Waals surface area contributed by atoms with Crippen LogP contribution in [-0.4, -0.2) is 45.5 Å². The van der Waals surface area contributed by atoms with Crippen molar-refractivity contribution >= 4 is 56.6 Å². The van der Waals surface area contributed by atoms with Crippen molar-refractivity contribution in [3.8, 4) is 5.75 Å². The molecule has 0 unspecified atom stereocenters. The molecule has 1 atom stereocenters. The summed E-state index contributed by atoms with van der Waals surface area (Å²) in [6.45, 7) is 4.32. The SMILES string of the molecule is CCOc1ccc(N([C@@H](C)C(=O)NCCSCc2c(Cl)cccc2Cl)S(C)(=O)=O)cc1. The van der Waals surface area contributed by atoms with Crippen molar-refractivity contribution in [2.45, 2.75) is 25.6 Å². The predicted octanol–water partition coefficient (Wildman–Crippen LogP) is 4.60. The number of hydrogen-bond donors (Lipinski definition) is 1. The minimum absolute atomic E-state index is 0.379. The van der Waals surface area contributed by atoms with Crippen molar-refractivity contribution in [2.75, 3.05) is 29.5 Å². The quantitative estimate of drug-likeness (QED) is 0.452. The van der Waals surface area contributed by atoms with E-state index in [4.69, 9.17) is 27.9 Å². The first kappa shape index (κ1) is 25.6. The first-order valence-corrected chi connectivity index (χ1v) is 13.4. The molecule has 0 aliphatic rings. The summed E-state index contributed by atoms with van der Waals surface area (Å²) in [7, 11) is -3.67. The Morgan fingerprint density at radius 3 is 2.32 bits per heavy atom. The Balaban J connectivity index is 1.94. The molecule has 0 radical (unpaired) electrons. The van der Waals surface area contributed by atoms with Crippen LogP contribution in [0.3, 0.4) is 0 Å². The summed E-state index contributed by atoms with van der Waals surface area (Å²) >= 11 is 13.9. The number of rotatable bonds is 11. The average molecular weight is 505 g/mol. The van der Waals surface area contributed by atoms with Gasteiger partial charge in [-0.1, -0.05) is 29.3 Å². The van der Waals surface area contributed by atoms with Crippen LogP contribution in [0, 0.1) is 0 Å². The summed E-state index contributed by atoms with van der Waals surface area (Å²) in [5.41, 5.74) is 1.26. The van der Waals surface area contributed by atoms with Crippen molar-refractivity contribution in [3.63, 3.8) is 0 Å². The van der Waals surface area contributed by atoms with E-state index >= 15 is 0 Å². The molecule has 0 saturated heterocycles. The summed E-state index contributed by atoms with van der Waals surface area (Å²) in [4.78, 5) is 12.6. The largest absolute Gasteiger partial charge is 0.494 e. The molecule has 170 valence electrons. The molecule has 0 aliphatic heterocycles. The van der Waals surface area contributed by atoms with Gasteiger partial charge in [0.05, 0.1) is 18.6 Å². The maximum atomic E-state index is 12.6. The first-order valence-electron chi connectivity index (χ1n) is 9.65. The van der Waals surface area contributed by atoms with Crippen LogP contribution in [0.15, 0.2) is 42.5 Å². The van der Waals surface area contributed by atoms with Gasteiger partial charge in [0.1, 0.15) is 11.8 Å². The molecule has 2 aromatic carbocycles. The number of nitrogens with zero attached hydrogens (tertiary/aromatic N) is 1. The van der Waals surface area contributed by atoms with Gasteiger partial charge in [-0.05, 0) is 55.8 Å². The van der Waals surface area contributed by atoms with Crippen LogP contribution in [0.25, 0.3) is 0 Å². The Morgan fingerprint density at radius 2 is 1.77 bits per heavy atom. The van der Waals surface area contributed by atoms with E-state index in [0.717, 1.165) is 16.1 Å². The van der Waals surface area contributed by atoms with Crippen molar-refractivity contribution in [2.24, 2.45) is 0 Å². The minimum Gasteiger partial charge on any atom is -0.494 e. The lowest BCUT2D eigenvalue weighted by Gasteiger charge is -2.28. The van der Waals surface area contributed by atoms with Crippen LogP contribution in [0.5, 0.6) is 5.75 Å². The van der Waals surface area contributed by atoms with Gasteiger partial charge in [0.25, 0.3) is 0 Å². The number of carbonyl (C=O) groups is 1. The van der Waals surface area contributed by atoms with E-state index in [1.54, 1.807) is 61.2 Å². The van der Waals surface area contributed by atoms with Gasteiger partial charge >= 0.3 is 0 Å². The van der Waals surface area contributed by atoms with Gasteiger partial charge in [0.15, 0.2) is 0 Å². The molecule has 6 nitrogen and oxygen atoms in total. The molecule has 0 saturated carbocycles. The number of hydrogen-bond acceptors (Lipinski definition) is 5. The third kappa shape index (κ3) is 7.49. The van der Waals surface area contributed by atoms with Gasteiger partial charge in [-0.2, -0.15) is 11.8 Å².